The summed E-state index contributed by atoms with van der Waals surface area (Å²) in [5.41, 5.74) is 2.00. The quantitative estimate of drug-likeness (QED) is 0.802. The second kappa shape index (κ2) is 8.37. The smallest absolute Gasteiger partial charge is 0.309 e. The second-order valence-corrected chi connectivity index (χ2v) is 5.34. The molecule has 0 saturated carbocycles. The van der Waals surface area contributed by atoms with E-state index in [1.807, 2.05) is 24.3 Å². The molecule has 0 radical (unpaired) electrons. The number of methoxy groups -OCH3 is 2. The topological polar surface area (TPSA) is 47.9 Å². The van der Waals surface area contributed by atoms with Crippen LogP contribution < -0.4 is 0 Å². The highest BCUT2D eigenvalue weighted by Gasteiger charge is 2.16. The molecule has 0 aliphatic carbocycles. The molecule has 22 heavy (non-hydrogen) atoms. The van der Waals surface area contributed by atoms with Gasteiger partial charge >= 0.3 is 5.97 Å². The second-order valence-electron chi connectivity index (χ2n) is 5.34. The fraction of sp³-hybridized carbons (Fsp3) is 0.444. The first-order valence-electron chi connectivity index (χ1n) is 7.66. The van der Waals surface area contributed by atoms with E-state index in [1.54, 1.807) is 7.11 Å². The van der Waals surface area contributed by atoms with Gasteiger partial charge < -0.3 is 9.47 Å². The molecule has 0 bridgehead atoms. The molecule has 0 spiro atoms. The SMILES string of the molecule is COC(=O)Cc1ccccc1C=CC1CCCCN=C1OC. The minimum absolute atomic E-state index is 0.207. The molecular formula is C18H23NO3. The van der Waals surface area contributed by atoms with Gasteiger partial charge in [-0.15, -0.1) is 0 Å². The van der Waals surface area contributed by atoms with Crippen molar-refractivity contribution >= 4 is 17.9 Å². The minimum atomic E-state index is -0.227. The van der Waals surface area contributed by atoms with Crippen molar-refractivity contribution in [2.75, 3.05) is 20.8 Å². The van der Waals surface area contributed by atoms with Gasteiger partial charge in [0, 0.05) is 6.54 Å². The molecule has 1 aliphatic rings. The van der Waals surface area contributed by atoms with E-state index in [1.165, 1.54) is 7.11 Å². The van der Waals surface area contributed by atoms with Gasteiger partial charge in [0.2, 0.25) is 0 Å². The lowest BCUT2D eigenvalue weighted by Crippen LogP contribution is -2.13. The largest absolute Gasteiger partial charge is 0.484 e. The van der Waals surface area contributed by atoms with E-state index in [0.29, 0.717) is 0 Å². The highest BCUT2D eigenvalue weighted by Crippen LogP contribution is 2.20. The number of esters is 1. The first kappa shape index (κ1) is 16.3. The lowest BCUT2D eigenvalue weighted by Gasteiger charge is -2.12. The van der Waals surface area contributed by atoms with E-state index in [9.17, 15) is 4.79 Å². The summed E-state index contributed by atoms with van der Waals surface area (Å²) >= 11 is 0. The van der Waals surface area contributed by atoms with Gasteiger partial charge in [-0.25, -0.2) is 0 Å². The highest BCUT2D eigenvalue weighted by molar-refractivity contribution is 5.82. The van der Waals surface area contributed by atoms with Crippen molar-refractivity contribution in [2.45, 2.75) is 25.7 Å². The van der Waals surface area contributed by atoms with Crippen molar-refractivity contribution in [3.63, 3.8) is 0 Å². The molecule has 2 rings (SSSR count). The molecule has 118 valence electrons. The molecule has 1 atom stereocenters. The summed E-state index contributed by atoms with van der Waals surface area (Å²) in [7, 11) is 3.09. The zero-order valence-electron chi connectivity index (χ0n) is 13.2. The molecular weight excluding hydrogens is 278 g/mol. The maximum Gasteiger partial charge on any atom is 0.309 e. The van der Waals surface area contributed by atoms with Gasteiger partial charge in [-0.2, -0.15) is 0 Å². The van der Waals surface area contributed by atoms with Gasteiger partial charge in [0.15, 0.2) is 5.90 Å². The molecule has 0 amide bonds. The average molecular weight is 301 g/mol. The third-order valence-corrected chi connectivity index (χ3v) is 3.84. The first-order valence-corrected chi connectivity index (χ1v) is 7.66. The molecule has 0 N–H and O–H groups in total. The summed E-state index contributed by atoms with van der Waals surface area (Å²) in [5.74, 6) is 0.785. The molecule has 4 heteroatoms. The first-order chi connectivity index (χ1) is 10.7. The van der Waals surface area contributed by atoms with Crippen molar-refractivity contribution in [3.05, 3.63) is 41.5 Å². The Morgan fingerprint density at radius 3 is 2.91 bits per heavy atom. The Morgan fingerprint density at radius 1 is 1.32 bits per heavy atom. The van der Waals surface area contributed by atoms with Crippen molar-refractivity contribution in [2.24, 2.45) is 10.9 Å². The summed E-state index contributed by atoms with van der Waals surface area (Å²) < 4.78 is 10.2. The molecule has 0 saturated heterocycles. The number of ether oxygens (including phenoxy) is 2. The summed E-state index contributed by atoms with van der Waals surface area (Å²) in [4.78, 5) is 16.0. The lowest BCUT2D eigenvalue weighted by molar-refractivity contribution is -0.139. The van der Waals surface area contributed by atoms with Crippen LogP contribution in [0.15, 0.2) is 35.3 Å². The van der Waals surface area contributed by atoms with Crippen LogP contribution in [-0.4, -0.2) is 32.6 Å². The predicted octanol–water partition coefficient (Wildman–Crippen LogP) is 3.26. The molecule has 0 fully saturated rings. The third kappa shape index (κ3) is 4.45. The molecule has 1 aromatic carbocycles. The normalized spacial score (nSPS) is 18.6. The average Bonchev–Trinajstić information content (AvgIpc) is 2.78. The van der Waals surface area contributed by atoms with Gasteiger partial charge in [-0.1, -0.05) is 42.8 Å². The molecule has 0 aromatic heterocycles. The van der Waals surface area contributed by atoms with Crippen LogP contribution in [0.3, 0.4) is 0 Å². The standard InChI is InChI=1S/C18H23NO3/c1-21-17(20)13-16-9-4-3-7-14(16)10-11-15-8-5-6-12-19-18(15)22-2/h3-4,7,9-11,15H,5-6,8,12-13H2,1-2H3. The number of carbonyl (C=O) groups excluding carboxylic acids is 1. The lowest BCUT2D eigenvalue weighted by atomic mass is 9.98. The van der Waals surface area contributed by atoms with Crippen LogP contribution in [0, 0.1) is 5.92 Å². The van der Waals surface area contributed by atoms with Crippen LogP contribution >= 0.6 is 0 Å². The van der Waals surface area contributed by atoms with Gasteiger partial charge in [0.1, 0.15) is 0 Å². The fourth-order valence-electron chi connectivity index (χ4n) is 2.61. The van der Waals surface area contributed by atoms with Crippen LogP contribution in [0.2, 0.25) is 0 Å². The van der Waals surface area contributed by atoms with E-state index >= 15 is 0 Å². The molecule has 1 unspecified atom stereocenters. The summed E-state index contributed by atoms with van der Waals surface area (Å²) in [5, 5.41) is 0. The minimum Gasteiger partial charge on any atom is -0.484 e. The summed E-state index contributed by atoms with van der Waals surface area (Å²) in [6.45, 7) is 0.840. The molecule has 1 heterocycles. The Bertz CT molecular complexity index is 563. The Hall–Kier alpha value is -2.10. The monoisotopic (exact) mass is 301 g/mol. The van der Waals surface area contributed by atoms with Crippen molar-refractivity contribution in [3.8, 4) is 0 Å². The number of nitrogens with zero attached hydrogens (tertiary/aromatic N) is 1. The van der Waals surface area contributed by atoms with Crippen LogP contribution in [0.1, 0.15) is 30.4 Å². The number of rotatable bonds is 4. The fourth-order valence-corrected chi connectivity index (χ4v) is 2.61. The van der Waals surface area contributed by atoms with Crippen LogP contribution in [0.4, 0.5) is 0 Å². The number of hydrogen-bond acceptors (Lipinski definition) is 4. The zero-order chi connectivity index (χ0) is 15.8. The van der Waals surface area contributed by atoms with Crippen LogP contribution in [-0.2, 0) is 20.7 Å². The maximum absolute atomic E-state index is 11.5. The summed E-state index contributed by atoms with van der Waals surface area (Å²) in [6, 6.07) is 7.87. The van der Waals surface area contributed by atoms with Gasteiger partial charge in [0.05, 0.1) is 26.6 Å². The molecule has 1 aromatic rings. The van der Waals surface area contributed by atoms with Crippen molar-refractivity contribution in [1.29, 1.82) is 0 Å². The van der Waals surface area contributed by atoms with Crippen LogP contribution in [0.5, 0.6) is 0 Å². The summed E-state index contributed by atoms with van der Waals surface area (Å²) in [6.07, 6.45) is 7.77. The van der Waals surface area contributed by atoms with E-state index in [-0.39, 0.29) is 18.3 Å². The number of hydrogen-bond donors (Lipinski definition) is 0. The van der Waals surface area contributed by atoms with Gasteiger partial charge in [-0.05, 0) is 24.0 Å². The Kier molecular flexibility index (Phi) is 6.19. The molecule has 1 aliphatic heterocycles. The zero-order valence-corrected chi connectivity index (χ0v) is 13.2. The Morgan fingerprint density at radius 2 is 2.14 bits per heavy atom. The van der Waals surface area contributed by atoms with E-state index in [4.69, 9.17) is 9.47 Å². The van der Waals surface area contributed by atoms with Crippen molar-refractivity contribution in [1.82, 2.24) is 0 Å². The number of carbonyl (C=O) groups is 1. The van der Waals surface area contributed by atoms with E-state index in [2.05, 4.69) is 17.1 Å². The molecule has 4 nitrogen and oxygen atoms in total. The number of aliphatic imine (C=N–C) groups is 1. The highest BCUT2D eigenvalue weighted by atomic mass is 16.5. The third-order valence-electron chi connectivity index (χ3n) is 3.84. The van der Waals surface area contributed by atoms with Gasteiger partial charge in [-0.3, -0.25) is 9.79 Å². The number of benzene rings is 1. The van der Waals surface area contributed by atoms with E-state index < -0.39 is 0 Å². The van der Waals surface area contributed by atoms with Crippen molar-refractivity contribution < 1.29 is 14.3 Å². The van der Waals surface area contributed by atoms with Crippen LogP contribution in [0.25, 0.3) is 6.08 Å². The van der Waals surface area contributed by atoms with E-state index in [0.717, 1.165) is 42.8 Å². The predicted molar refractivity (Wildman–Crippen MR) is 87.8 cm³/mol. The van der Waals surface area contributed by atoms with Gasteiger partial charge in [0.25, 0.3) is 0 Å². The maximum atomic E-state index is 11.5. The Labute approximate surface area is 131 Å². The Balaban J connectivity index is 2.16.